The zero-order valence-corrected chi connectivity index (χ0v) is 13.6. The van der Waals surface area contributed by atoms with E-state index in [1.807, 2.05) is 6.92 Å². The molecule has 0 spiro atoms. The SMILES string of the molecule is CC(C)CNCc1cc(Br)ccc1SC(C)CO. The van der Waals surface area contributed by atoms with E-state index in [0.717, 1.165) is 17.6 Å². The van der Waals surface area contributed by atoms with Gasteiger partial charge < -0.3 is 10.4 Å². The van der Waals surface area contributed by atoms with Crippen molar-refractivity contribution >= 4 is 27.7 Å². The van der Waals surface area contributed by atoms with Gasteiger partial charge in [-0.15, -0.1) is 11.8 Å². The van der Waals surface area contributed by atoms with Gasteiger partial charge in [-0.1, -0.05) is 36.7 Å². The number of nitrogens with one attached hydrogen (secondary N) is 1. The molecular weight excluding hydrogens is 310 g/mol. The Kier molecular flexibility index (Phi) is 7.30. The van der Waals surface area contributed by atoms with Gasteiger partial charge in [0.1, 0.15) is 0 Å². The Morgan fingerprint density at radius 2 is 2.06 bits per heavy atom. The molecule has 0 saturated carbocycles. The number of benzene rings is 1. The van der Waals surface area contributed by atoms with Crippen molar-refractivity contribution in [3.05, 3.63) is 28.2 Å². The number of aliphatic hydroxyl groups excluding tert-OH is 1. The number of hydrogen-bond donors (Lipinski definition) is 2. The molecule has 1 atom stereocenters. The minimum atomic E-state index is 0.208. The van der Waals surface area contributed by atoms with E-state index in [1.165, 1.54) is 10.5 Å². The maximum Gasteiger partial charge on any atom is 0.0550 e. The van der Waals surface area contributed by atoms with Gasteiger partial charge in [-0.05, 0) is 36.2 Å². The Morgan fingerprint density at radius 3 is 2.67 bits per heavy atom. The molecule has 102 valence electrons. The Bertz CT molecular complexity index is 371. The number of halogens is 1. The summed E-state index contributed by atoms with van der Waals surface area (Å²) in [6.45, 7) is 8.55. The molecule has 1 aromatic carbocycles. The van der Waals surface area contributed by atoms with E-state index in [9.17, 15) is 0 Å². The molecule has 1 aromatic rings. The van der Waals surface area contributed by atoms with Crippen LogP contribution >= 0.6 is 27.7 Å². The summed E-state index contributed by atoms with van der Waals surface area (Å²) in [5.41, 5.74) is 1.29. The monoisotopic (exact) mass is 331 g/mol. The second-order valence-electron chi connectivity index (χ2n) is 4.89. The van der Waals surface area contributed by atoms with Gasteiger partial charge in [-0.25, -0.2) is 0 Å². The summed E-state index contributed by atoms with van der Waals surface area (Å²) in [6, 6.07) is 6.32. The molecule has 2 N–H and O–H groups in total. The van der Waals surface area contributed by atoms with Crippen molar-refractivity contribution in [2.75, 3.05) is 13.2 Å². The maximum absolute atomic E-state index is 9.14. The van der Waals surface area contributed by atoms with Crippen molar-refractivity contribution in [3.63, 3.8) is 0 Å². The van der Waals surface area contributed by atoms with Crippen LogP contribution in [0.15, 0.2) is 27.6 Å². The third-order valence-corrected chi connectivity index (χ3v) is 4.17. The van der Waals surface area contributed by atoms with Gasteiger partial charge >= 0.3 is 0 Å². The molecule has 0 aliphatic heterocycles. The Balaban J connectivity index is 2.70. The van der Waals surface area contributed by atoms with Crippen LogP contribution in [-0.2, 0) is 6.54 Å². The largest absolute Gasteiger partial charge is 0.395 e. The molecule has 0 saturated heterocycles. The van der Waals surface area contributed by atoms with E-state index in [-0.39, 0.29) is 11.9 Å². The van der Waals surface area contributed by atoms with Crippen molar-refractivity contribution < 1.29 is 5.11 Å². The van der Waals surface area contributed by atoms with Crippen molar-refractivity contribution in [2.24, 2.45) is 5.92 Å². The van der Waals surface area contributed by atoms with Crippen LogP contribution in [0.2, 0.25) is 0 Å². The van der Waals surface area contributed by atoms with E-state index in [4.69, 9.17) is 5.11 Å². The minimum Gasteiger partial charge on any atom is -0.395 e. The van der Waals surface area contributed by atoms with E-state index in [1.54, 1.807) is 11.8 Å². The summed E-state index contributed by atoms with van der Waals surface area (Å²) in [4.78, 5) is 1.25. The quantitative estimate of drug-likeness (QED) is 0.748. The average molecular weight is 332 g/mol. The fourth-order valence-corrected chi connectivity index (χ4v) is 2.90. The summed E-state index contributed by atoms with van der Waals surface area (Å²) in [7, 11) is 0. The van der Waals surface area contributed by atoms with Gasteiger partial charge in [0.25, 0.3) is 0 Å². The molecule has 0 radical (unpaired) electrons. The van der Waals surface area contributed by atoms with Gasteiger partial charge in [0.15, 0.2) is 0 Å². The van der Waals surface area contributed by atoms with Gasteiger partial charge in [0, 0.05) is 21.2 Å². The Morgan fingerprint density at radius 1 is 1.33 bits per heavy atom. The summed E-state index contributed by atoms with van der Waals surface area (Å²) >= 11 is 5.24. The standard InChI is InChI=1S/C14H22BrNOS/c1-10(2)7-16-8-12-6-13(15)4-5-14(12)18-11(3)9-17/h4-6,10-11,16-17H,7-9H2,1-3H3. The zero-order valence-electron chi connectivity index (χ0n) is 11.2. The third kappa shape index (κ3) is 5.74. The topological polar surface area (TPSA) is 32.3 Å². The van der Waals surface area contributed by atoms with E-state index >= 15 is 0 Å². The molecule has 4 heteroatoms. The fraction of sp³-hybridized carbons (Fsp3) is 0.571. The highest BCUT2D eigenvalue weighted by molar-refractivity contribution is 9.10. The Labute approximate surface area is 123 Å². The summed E-state index contributed by atoms with van der Waals surface area (Å²) in [5.74, 6) is 0.657. The van der Waals surface area contributed by atoms with Crippen LogP contribution in [0.5, 0.6) is 0 Å². The lowest BCUT2D eigenvalue weighted by molar-refractivity contribution is 0.300. The molecule has 0 aliphatic rings. The van der Waals surface area contributed by atoms with Crippen molar-refractivity contribution in [1.82, 2.24) is 5.32 Å². The van der Waals surface area contributed by atoms with E-state index in [0.29, 0.717) is 5.92 Å². The maximum atomic E-state index is 9.14. The Hall–Kier alpha value is -0.0300. The normalized spacial score (nSPS) is 13.0. The van der Waals surface area contributed by atoms with Crippen molar-refractivity contribution in [3.8, 4) is 0 Å². The van der Waals surface area contributed by atoms with Crippen LogP contribution in [0.25, 0.3) is 0 Å². The molecule has 0 fully saturated rings. The molecule has 0 bridgehead atoms. The smallest absolute Gasteiger partial charge is 0.0550 e. The summed E-state index contributed by atoms with van der Waals surface area (Å²) < 4.78 is 1.10. The lowest BCUT2D eigenvalue weighted by Crippen LogP contribution is -2.19. The summed E-state index contributed by atoms with van der Waals surface area (Å²) in [5, 5.41) is 12.8. The lowest BCUT2D eigenvalue weighted by Gasteiger charge is -2.14. The molecule has 0 amide bonds. The number of aliphatic hydroxyl groups is 1. The van der Waals surface area contributed by atoms with Crippen LogP contribution in [0.4, 0.5) is 0 Å². The second kappa shape index (κ2) is 8.20. The second-order valence-corrected chi connectivity index (χ2v) is 7.28. The van der Waals surface area contributed by atoms with Crippen LogP contribution in [-0.4, -0.2) is 23.5 Å². The van der Waals surface area contributed by atoms with Crippen LogP contribution in [0.3, 0.4) is 0 Å². The zero-order chi connectivity index (χ0) is 13.5. The highest BCUT2D eigenvalue weighted by atomic mass is 79.9. The molecule has 18 heavy (non-hydrogen) atoms. The van der Waals surface area contributed by atoms with Crippen LogP contribution in [0.1, 0.15) is 26.3 Å². The first-order valence-electron chi connectivity index (χ1n) is 6.29. The van der Waals surface area contributed by atoms with Crippen molar-refractivity contribution in [2.45, 2.75) is 37.5 Å². The fourth-order valence-electron chi connectivity index (χ4n) is 1.55. The van der Waals surface area contributed by atoms with E-state index < -0.39 is 0 Å². The number of thioether (sulfide) groups is 1. The highest BCUT2D eigenvalue weighted by Crippen LogP contribution is 2.29. The average Bonchev–Trinajstić information content (AvgIpc) is 2.31. The van der Waals surface area contributed by atoms with E-state index in [2.05, 4.69) is 53.3 Å². The lowest BCUT2D eigenvalue weighted by atomic mass is 10.2. The molecule has 2 nitrogen and oxygen atoms in total. The number of hydrogen-bond acceptors (Lipinski definition) is 3. The summed E-state index contributed by atoms with van der Waals surface area (Å²) in [6.07, 6.45) is 0. The molecule has 0 aromatic heterocycles. The van der Waals surface area contributed by atoms with Crippen LogP contribution < -0.4 is 5.32 Å². The molecule has 0 aliphatic carbocycles. The van der Waals surface area contributed by atoms with Gasteiger partial charge in [0.2, 0.25) is 0 Å². The predicted molar refractivity (Wildman–Crippen MR) is 83.1 cm³/mol. The predicted octanol–water partition coefficient (Wildman–Crippen LogP) is 3.67. The third-order valence-electron chi connectivity index (χ3n) is 2.48. The van der Waals surface area contributed by atoms with Crippen LogP contribution in [0, 0.1) is 5.92 Å². The van der Waals surface area contributed by atoms with Gasteiger partial charge in [-0.2, -0.15) is 0 Å². The minimum absolute atomic E-state index is 0.208. The van der Waals surface area contributed by atoms with Gasteiger partial charge in [-0.3, -0.25) is 0 Å². The first-order valence-corrected chi connectivity index (χ1v) is 7.96. The highest BCUT2D eigenvalue weighted by Gasteiger charge is 2.08. The van der Waals surface area contributed by atoms with Crippen molar-refractivity contribution in [1.29, 1.82) is 0 Å². The number of rotatable bonds is 7. The molecule has 1 unspecified atom stereocenters. The van der Waals surface area contributed by atoms with Gasteiger partial charge in [0.05, 0.1) is 6.61 Å². The first-order chi connectivity index (χ1) is 8.52. The first kappa shape index (κ1) is 16.0. The molecule has 1 rings (SSSR count). The molecular formula is C14H22BrNOS. The molecule has 0 heterocycles.